The molecular formula is C14H28N2O. The highest BCUT2D eigenvalue weighted by Gasteiger charge is 2.31. The van der Waals surface area contributed by atoms with E-state index >= 15 is 0 Å². The Balaban J connectivity index is 2.47. The van der Waals surface area contributed by atoms with Crippen LogP contribution in [0.25, 0.3) is 0 Å². The molecule has 0 aromatic rings. The summed E-state index contributed by atoms with van der Waals surface area (Å²) in [6.45, 7) is 10.6. The van der Waals surface area contributed by atoms with Gasteiger partial charge in [0, 0.05) is 6.04 Å². The maximum Gasteiger partial charge on any atom is 0.237 e. The number of hydrogen-bond donors (Lipinski definition) is 2. The van der Waals surface area contributed by atoms with Crippen molar-refractivity contribution in [1.29, 1.82) is 0 Å². The minimum Gasteiger partial charge on any atom is -0.352 e. The number of nitrogens with one attached hydrogen (secondary N) is 1. The van der Waals surface area contributed by atoms with Gasteiger partial charge in [0.05, 0.1) is 6.04 Å². The van der Waals surface area contributed by atoms with Crippen LogP contribution in [-0.2, 0) is 4.79 Å². The second kappa shape index (κ2) is 5.38. The van der Waals surface area contributed by atoms with Gasteiger partial charge in [-0.3, -0.25) is 4.79 Å². The molecule has 3 N–H and O–H groups in total. The Morgan fingerprint density at radius 3 is 2.29 bits per heavy atom. The standard InChI is InChI=1S/C14H28N2O/c1-9-6-7-11(8-10(9)2)16-13(17)12(15)14(3,4)5/h9-12H,6-8,15H2,1-5H3,(H,16,17)/t9?,10?,11?,12-/m0/s1. The molecule has 1 aliphatic carbocycles. The Labute approximate surface area is 106 Å². The maximum atomic E-state index is 12.0. The van der Waals surface area contributed by atoms with E-state index in [1.54, 1.807) is 0 Å². The Kier molecular flexibility index (Phi) is 4.59. The molecule has 0 radical (unpaired) electrons. The number of carbonyl (C=O) groups is 1. The van der Waals surface area contributed by atoms with Crippen molar-refractivity contribution < 1.29 is 4.79 Å². The Morgan fingerprint density at radius 1 is 1.24 bits per heavy atom. The lowest BCUT2D eigenvalue weighted by molar-refractivity contribution is -0.125. The number of hydrogen-bond acceptors (Lipinski definition) is 2. The van der Waals surface area contributed by atoms with E-state index in [-0.39, 0.29) is 11.3 Å². The van der Waals surface area contributed by atoms with Crippen LogP contribution in [0.15, 0.2) is 0 Å². The van der Waals surface area contributed by atoms with E-state index in [9.17, 15) is 4.79 Å². The molecule has 0 saturated heterocycles. The van der Waals surface area contributed by atoms with Crippen molar-refractivity contribution in [3.05, 3.63) is 0 Å². The summed E-state index contributed by atoms with van der Waals surface area (Å²) >= 11 is 0. The van der Waals surface area contributed by atoms with Crippen LogP contribution in [0.5, 0.6) is 0 Å². The van der Waals surface area contributed by atoms with Crippen molar-refractivity contribution in [2.24, 2.45) is 23.0 Å². The molecule has 0 bridgehead atoms. The van der Waals surface area contributed by atoms with Gasteiger partial charge in [-0.25, -0.2) is 0 Å². The molecule has 0 spiro atoms. The fraction of sp³-hybridized carbons (Fsp3) is 0.929. The molecule has 1 aliphatic rings. The van der Waals surface area contributed by atoms with E-state index < -0.39 is 6.04 Å². The molecular weight excluding hydrogens is 212 g/mol. The smallest absolute Gasteiger partial charge is 0.237 e. The van der Waals surface area contributed by atoms with Gasteiger partial charge in [0.15, 0.2) is 0 Å². The summed E-state index contributed by atoms with van der Waals surface area (Å²) in [5.41, 5.74) is 5.79. The Hall–Kier alpha value is -0.570. The van der Waals surface area contributed by atoms with Gasteiger partial charge in [-0.05, 0) is 36.5 Å². The molecule has 3 unspecified atom stereocenters. The lowest BCUT2D eigenvalue weighted by atomic mass is 9.79. The van der Waals surface area contributed by atoms with E-state index in [0.717, 1.165) is 18.8 Å². The van der Waals surface area contributed by atoms with Crippen molar-refractivity contribution in [1.82, 2.24) is 5.32 Å². The van der Waals surface area contributed by atoms with Crippen LogP contribution in [0.1, 0.15) is 53.9 Å². The summed E-state index contributed by atoms with van der Waals surface area (Å²) < 4.78 is 0. The van der Waals surface area contributed by atoms with Crippen LogP contribution in [0.2, 0.25) is 0 Å². The van der Waals surface area contributed by atoms with Crippen molar-refractivity contribution in [3.63, 3.8) is 0 Å². The van der Waals surface area contributed by atoms with Crippen molar-refractivity contribution in [3.8, 4) is 0 Å². The molecule has 17 heavy (non-hydrogen) atoms. The van der Waals surface area contributed by atoms with Crippen LogP contribution in [0.3, 0.4) is 0 Å². The third kappa shape index (κ3) is 3.98. The molecule has 0 aromatic heterocycles. The van der Waals surface area contributed by atoms with Gasteiger partial charge in [-0.1, -0.05) is 34.6 Å². The molecule has 0 aliphatic heterocycles. The first-order valence-corrected chi connectivity index (χ1v) is 6.77. The lowest BCUT2D eigenvalue weighted by Gasteiger charge is -2.34. The molecule has 3 nitrogen and oxygen atoms in total. The molecule has 4 atom stereocenters. The third-order valence-electron chi connectivity index (χ3n) is 4.16. The van der Waals surface area contributed by atoms with Gasteiger partial charge in [0.1, 0.15) is 0 Å². The number of rotatable bonds is 2. The average Bonchev–Trinajstić information content (AvgIpc) is 2.21. The number of carbonyl (C=O) groups excluding carboxylic acids is 1. The highest BCUT2D eigenvalue weighted by atomic mass is 16.2. The molecule has 1 fully saturated rings. The van der Waals surface area contributed by atoms with Crippen LogP contribution in [0.4, 0.5) is 0 Å². The molecule has 1 amide bonds. The highest BCUT2D eigenvalue weighted by molar-refractivity contribution is 5.82. The summed E-state index contributed by atoms with van der Waals surface area (Å²) in [6, 6.07) is -0.0979. The summed E-state index contributed by atoms with van der Waals surface area (Å²) in [4.78, 5) is 12.0. The van der Waals surface area contributed by atoms with Gasteiger partial charge < -0.3 is 11.1 Å². The fourth-order valence-electron chi connectivity index (χ4n) is 2.36. The average molecular weight is 240 g/mol. The van der Waals surface area contributed by atoms with Gasteiger partial charge >= 0.3 is 0 Å². The first-order chi connectivity index (χ1) is 7.71. The monoisotopic (exact) mass is 240 g/mol. The van der Waals surface area contributed by atoms with Crippen LogP contribution >= 0.6 is 0 Å². The minimum atomic E-state index is -0.419. The minimum absolute atomic E-state index is 0.00394. The van der Waals surface area contributed by atoms with Crippen LogP contribution in [0, 0.1) is 17.3 Å². The normalized spacial score (nSPS) is 32.0. The molecule has 100 valence electrons. The van der Waals surface area contributed by atoms with Gasteiger partial charge in [0.25, 0.3) is 0 Å². The van der Waals surface area contributed by atoms with Crippen molar-refractivity contribution in [2.45, 2.75) is 66.0 Å². The fourth-order valence-corrected chi connectivity index (χ4v) is 2.36. The molecule has 1 saturated carbocycles. The van der Waals surface area contributed by atoms with Gasteiger partial charge in [-0.2, -0.15) is 0 Å². The summed E-state index contributed by atoms with van der Waals surface area (Å²) in [7, 11) is 0. The summed E-state index contributed by atoms with van der Waals surface area (Å²) in [6.07, 6.45) is 3.38. The predicted molar refractivity (Wildman–Crippen MR) is 71.5 cm³/mol. The third-order valence-corrected chi connectivity index (χ3v) is 4.16. The van der Waals surface area contributed by atoms with E-state index in [1.165, 1.54) is 6.42 Å². The number of amides is 1. The molecule has 0 heterocycles. The Morgan fingerprint density at radius 2 is 1.82 bits per heavy atom. The van der Waals surface area contributed by atoms with Crippen molar-refractivity contribution in [2.75, 3.05) is 0 Å². The second-order valence-corrected chi connectivity index (χ2v) is 6.82. The predicted octanol–water partition coefficient (Wildman–Crippen LogP) is 2.30. The van der Waals surface area contributed by atoms with E-state index in [2.05, 4.69) is 19.2 Å². The van der Waals surface area contributed by atoms with Gasteiger partial charge in [-0.15, -0.1) is 0 Å². The van der Waals surface area contributed by atoms with E-state index in [0.29, 0.717) is 12.0 Å². The van der Waals surface area contributed by atoms with Crippen LogP contribution < -0.4 is 11.1 Å². The number of nitrogens with two attached hydrogens (primary N) is 1. The molecule has 1 rings (SSSR count). The SMILES string of the molecule is CC1CCC(NC(=O)[C@H](N)C(C)(C)C)CC1C. The van der Waals surface area contributed by atoms with Gasteiger partial charge in [0.2, 0.25) is 5.91 Å². The highest BCUT2D eigenvalue weighted by Crippen LogP contribution is 2.29. The first kappa shape index (κ1) is 14.5. The zero-order chi connectivity index (χ0) is 13.2. The van der Waals surface area contributed by atoms with E-state index in [4.69, 9.17) is 5.73 Å². The maximum absolute atomic E-state index is 12.0. The van der Waals surface area contributed by atoms with E-state index in [1.807, 2.05) is 20.8 Å². The quantitative estimate of drug-likeness (QED) is 0.778. The summed E-state index contributed by atoms with van der Waals surface area (Å²) in [5, 5.41) is 3.11. The lowest BCUT2D eigenvalue weighted by Crippen LogP contribution is -2.52. The second-order valence-electron chi connectivity index (χ2n) is 6.82. The molecule has 0 aromatic carbocycles. The topological polar surface area (TPSA) is 55.1 Å². The Bertz CT molecular complexity index is 270. The van der Waals surface area contributed by atoms with Crippen LogP contribution in [-0.4, -0.2) is 18.0 Å². The largest absolute Gasteiger partial charge is 0.352 e. The van der Waals surface area contributed by atoms with Crippen molar-refractivity contribution >= 4 is 5.91 Å². The summed E-state index contributed by atoms with van der Waals surface area (Å²) in [5.74, 6) is 1.48. The first-order valence-electron chi connectivity index (χ1n) is 6.77. The zero-order valence-corrected chi connectivity index (χ0v) is 11.9. The zero-order valence-electron chi connectivity index (χ0n) is 11.9. The molecule has 3 heteroatoms.